The number of rotatable bonds is 5. The maximum absolute atomic E-state index is 4.69. The summed E-state index contributed by atoms with van der Waals surface area (Å²) in [6, 6.07) is 5.64. The van der Waals surface area contributed by atoms with Crippen LogP contribution in [0.3, 0.4) is 0 Å². The molecule has 3 nitrogen and oxygen atoms in total. The van der Waals surface area contributed by atoms with Gasteiger partial charge in [-0.25, -0.2) is 4.98 Å². The van der Waals surface area contributed by atoms with E-state index in [0.717, 1.165) is 18.9 Å². The van der Waals surface area contributed by atoms with Gasteiger partial charge in [0.05, 0.1) is 0 Å². The quantitative estimate of drug-likeness (QED) is 0.813. The van der Waals surface area contributed by atoms with E-state index in [1.807, 2.05) is 0 Å². The summed E-state index contributed by atoms with van der Waals surface area (Å²) in [5.74, 6) is 1.10. The van der Waals surface area contributed by atoms with Gasteiger partial charge in [0.25, 0.3) is 0 Å². The first-order chi connectivity index (χ1) is 9.67. The van der Waals surface area contributed by atoms with Crippen molar-refractivity contribution in [3.8, 4) is 0 Å². The minimum absolute atomic E-state index is 0.557. The van der Waals surface area contributed by atoms with Crippen LogP contribution in [0.4, 0.5) is 5.82 Å². The molecule has 20 heavy (non-hydrogen) atoms. The first-order valence-corrected chi connectivity index (χ1v) is 8.14. The largest absolute Gasteiger partial charge is 0.357 e. The molecule has 0 aromatic carbocycles. The third-order valence-electron chi connectivity index (χ3n) is 4.45. The Bertz CT molecular complexity index is 395. The van der Waals surface area contributed by atoms with Gasteiger partial charge in [-0.05, 0) is 58.7 Å². The molecule has 0 spiro atoms. The van der Waals surface area contributed by atoms with Crippen molar-refractivity contribution in [2.75, 3.05) is 24.5 Å². The Kier molecular flexibility index (Phi) is 5.41. The molecule has 1 aliphatic heterocycles. The van der Waals surface area contributed by atoms with Gasteiger partial charge in [-0.1, -0.05) is 12.5 Å². The summed E-state index contributed by atoms with van der Waals surface area (Å²) in [6.45, 7) is 12.2. The number of hydrogen-bond acceptors (Lipinski definition) is 3. The van der Waals surface area contributed by atoms with E-state index in [2.05, 4.69) is 60.8 Å². The fourth-order valence-electron chi connectivity index (χ4n) is 3.26. The standard InChI is InChI=1S/C17H29N3/c1-5-19(6-2)17-11-10-15(13-18-17)16-9-7-8-12-20(16)14(3)4/h10-11,13-14,16H,5-9,12H2,1-4H3/t16-/m1/s1. The van der Waals surface area contributed by atoms with Gasteiger partial charge in [0, 0.05) is 31.4 Å². The average Bonchev–Trinajstić information content (AvgIpc) is 2.49. The zero-order valence-corrected chi connectivity index (χ0v) is 13.5. The number of pyridine rings is 1. The molecular weight excluding hydrogens is 246 g/mol. The van der Waals surface area contributed by atoms with Crippen LogP contribution in [0.5, 0.6) is 0 Å². The molecule has 1 atom stereocenters. The summed E-state index contributed by atoms with van der Waals surface area (Å²) in [7, 11) is 0. The van der Waals surface area contributed by atoms with Crippen molar-refractivity contribution in [2.45, 2.75) is 59.0 Å². The van der Waals surface area contributed by atoms with Gasteiger partial charge < -0.3 is 4.90 Å². The molecule has 3 heteroatoms. The molecular formula is C17H29N3. The Morgan fingerprint density at radius 3 is 2.55 bits per heavy atom. The van der Waals surface area contributed by atoms with Gasteiger partial charge in [-0.15, -0.1) is 0 Å². The maximum atomic E-state index is 4.69. The molecule has 1 aliphatic rings. The monoisotopic (exact) mass is 275 g/mol. The van der Waals surface area contributed by atoms with Gasteiger partial charge in [-0.2, -0.15) is 0 Å². The molecule has 2 heterocycles. The molecule has 0 bridgehead atoms. The van der Waals surface area contributed by atoms with Crippen LogP contribution < -0.4 is 4.90 Å². The van der Waals surface area contributed by atoms with Gasteiger partial charge >= 0.3 is 0 Å². The second kappa shape index (κ2) is 7.07. The number of hydrogen-bond donors (Lipinski definition) is 0. The molecule has 1 saturated heterocycles. The zero-order valence-electron chi connectivity index (χ0n) is 13.5. The summed E-state index contributed by atoms with van der Waals surface area (Å²) < 4.78 is 0. The fraction of sp³-hybridized carbons (Fsp3) is 0.706. The van der Waals surface area contributed by atoms with E-state index in [9.17, 15) is 0 Å². The van der Waals surface area contributed by atoms with Gasteiger partial charge in [0.15, 0.2) is 0 Å². The minimum atomic E-state index is 0.557. The second-order valence-electron chi connectivity index (χ2n) is 5.97. The van der Waals surface area contributed by atoms with Gasteiger partial charge in [-0.3, -0.25) is 4.90 Å². The van der Waals surface area contributed by atoms with Crippen LogP contribution in [0.2, 0.25) is 0 Å². The van der Waals surface area contributed by atoms with Gasteiger partial charge in [0.2, 0.25) is 0 Å². The molecule has 0 radical (unpaired) electrons. The lowest BCUT2D eigenvalue weighted by Gasteiger charge is -2.38. The molecule has 112 valence electrons. The lowest BCUT2D eigenvalue weighted by molar-refractivity contribution is 0.112. The Hall–Kier alpha value is -1.09. The first-order valence-electron chi connectivity index (χ1n) is 8.14. The summed E-state index contributed by atoms with van der Waals surface area (Å²) in [6.07, 6.45) is 6.04. The number of nitrogens with zero attached hydrogens (tertiary/aromatic N) is 3. The Balaban J connectivity index is 2.15. The molecule has 2 rings (SSSR count). The highest BCUT2D eigenvalue weighted by Gasteiger charge is 2.26. The van der Waals surface area contributed by atoms with Crippen LogP contribution in [0.1, 0.15) is 58.6 Å². The van der Waals surface area contributed by atoms with E-state index in [1.54, 1.807) is 0 Å². The summed E-state index contributed by atoms with van der Waals surface area (Å²) in [4.78, 5) is 9.61. The third kappa shape index (κ3) is 3.32. The van der Waals surface area contributed by atoms with Crippen LogP contribution in [-0.4, -0.2) is 35.6 Å². The van der Waals surface area contributed by atoms with Crippen LogP contribution in [0.15, 0.2) is 18.3 Å². The SMILES string of the molecule is CCN(CC)c1ccc([C@H]2CCCCN2C(C)C)cn1. The summed E-state index contributed by atoms with van der Waals surface area (Å²) in [5.41, 5.74) is 1.38. The van der Waals surface area contributed by atoms with E-state index in [0.29, 0.717) is 12.1 Å². The van der Waals surface area contributed by atoms with Crippen molar-refractivity contribution in [1.82, 2.24) is 9.88 Å². The average molecular weight is 275 g/mol. The van der Waals surface area contributed by atoms with E-state index in [-0.39, 0.29) is 0 Å². The molecule has 1 fully saturated rings. The number of piperidine rings is 1. The number of anilines is 1. The van der Waals surface area contributed by atoms with E-state index in [1.165, 1.54) is 31.4 Å². The number of likely N-dealkylation sites (tertiary alicyclic amines) is 1. The van der Waals surface area contributed by atoms with Crippen molar-refractivity contribution >= 4 is 5.82 Å². The first kappa shape index (κ1) is 15.3. The van der Waals surface area contributed by atoms with Crippen molar-refractivity contribution < 1.29 is 0 Å². The predicted octanol–water partition coefficient (Wildman–Crippen LogP) is 3.86. The lowest BCUT2D eigenvalue weighted by Crippen LogP contribution is -2.38. The molecule has 0 aliphatic carbocycles. The van der Waals surface area contributed by atoms with E-state index in [4.69, 9.17) is 0 Å². The summed E-state index contributed by atoms with van der Waals surface area (Å²) >= 11 is 0. The molecule has 0 amide bonds. The topological polar surface area (TPSA) is 19.4 Å². The van der Waals surface area contributed by atoms with Crippen LogP contribution >= 0.6 is 0 Å². The highest BCUT2D eigenvalue weighted by molar-refractivity contribution is 5.39. The maximum Gasteiger partial charge on any atom is 0.128 e. The van der Waals surface area contributed by atoms with Crippen molar-refractivity contribution in [2.24, 2.45) is 0 Å². The van der Waals surface area contributed by atoms with Crippen molar-refractivity contribution in [3.05, 3.63) is 23.9 Å². The van der Waals surface area contributed by atoms with E-state index < -0.39 is 0 Å². The van der Waals surface area contributed by atoms with Crippen molar-refractivity contribution in [1.29, 1.82) is 0 Å². The smallest absolute Gasteiger partial charge is 0.128 e. The lowest BCUT2D eigenvalue weighted by atomic mass is 9.95. The van der Waals surface area contributed by atoms with Crippen LogP contribution in [-0.2, 0) is 0 Å². The Morgan fingerprint density at radius 2 is 2.00 bits per heavy atom. The predicted molar refractivity (Wildman–Crippen MR) is 86.2 cm³/mol. The second-order valence-corrected chi connectivity index (χ2v) is 5.97. The van der Waals surface area contributed by atoms with E-state index >= 15 is 0 Å². The molecule has 0 saturated carbocycles. The van der Waals surface area contributed by atoms with Crippen LogP contribution in [0, 0.1) is 0 Å². The third-order valence-corrected chi connectivity index (χ3v) is 4.45. The van der Waals surface area contributed by atoms with Crippen molar-refractivity contribution in [3.63, 3.8) is 0 Å². The number of aromatic nitrogens is 1. The molecule has 1 aromatic rings. The summed E-state index contributed by atoms with van der Waals surface area (Å²) in [5, 5.41) is 0. The molecule has 1 aromatic heterocycles. The highest BCUT2D eigenvalue weighted by atomic mass is 15.2. The minimum Gasteiger partial charge on any atom is -0.357 e. The van der Waals surface area contributed by atoms with Gasteiger partial charge in [0.1, 0.15) is 5.82 Å². The molecule has 0 N–H and O–H groups in total. The highest BCUT2D eigenvalue weighted by Crippen LogP contribution is 2.32. The zero-order chi connectivity index (χ0) is 14.5. The Labute approximate surface area is 124 Å². The fourth-order valence-corrected chi connectivity index (χ4v) is 3.26. The normalized spacial score (nSPS) is 20.4. The molecule has 0 unspecified atom stereocenters. The Morgan fingerprint density at radius 1 is 1.25 bits per heavy atom. The van der Waals surface area contributed by atoms with Crippen LogP contribution in [0.25, 0.3) is 0 Å².